The summed E-state index contributed by atoms with van der Waals surface area (Å²) in [5.41, 5.74) is 2.23. The van der Waals surface area contributed by atoms with Gasteiger partial charge >= 0.3 is 5.97 Å². The van der Waals surface area contributed by atoms with Crippen LogP contribution in [0.4, 0.5) is 5.69 Å². The van der Waals surface area contributed by atoms with E-state index in [9.17, 15) is 4.79 Å². The van der Waals surface area contributed by atoms with E-state index in [0.29, 0.717) is 5.56 Å². The minimum absolute atomic E-state index is 0.326. The lowest BCUT2D eigenvalue weighted by atomic mass is 10.1. The molecule has 1 N–H and O–H groups in total. The van der Waals surface area contributed by atoms with Crippen LogP contribution < -0.4 is 5.32 Å². The maximum absolute atomic E-state index is 11.5. The molecule has 0 aliphatic rings. The van der Waals surface area contributed by atoms with Crippen LogP contribution in [0.3, 0.4) is 0 Å². The number of esters is 1. The Balaban J connectivity index is 3.35. The number of methoxy groups -OCH3 is 1. The zero-order valence-electron chi connectivity index (χ0n) is 8.35. The number of carbonyl (C=O) groups excluding carboxylic acids is 1. The van der Waals surface area contributed by atoms with Crippen LogP contribution in [0.1, 0.15) is 15.9 Å². The molecule has 76 valence electrons. The van der Waals surface area contributed by atoms with Crippen molar-refractivity contribution in [2.24, 2.45) is 0 Å². The van der Waals surface area contributed by atoms with E-state index < -0.39 is 0 Å². The van der Waals surface area contributed by atoms with Crippen LogP contribution in [0.15, 0.2) is 16.6 Å². The molecule has 0 bridgehead atoms. The summed E-state index contributed by atoms with van der Waals surface area (Å²) in [6.45, 7) is 1.87. The van der Waals surface area contributed by atoms with Crippen molar-refractivity contribution in [3.05, 3.63) is 27.7 Å². The van der Waals surface area contributed by atoms with Crippen molar-refractivity contribution >= 4 is 27.6 Å². The molecule has 4 heteroatoms. The summed E-state index contributed by atoms with van der Waals surface area (Å²) in [6.07, 6.45) is 0. The second-order valence-corrected chi connectivity index (χ2v) is 3.69. The molecule has 0 radical (unpaired) electrons. The van der Waals surface area contributed by atoms with Gasteiger partial charge in [0.25, 0.3) is 0 Å². The van der Waals surface area contributed by atoms with Gasteiger partial charge in [-0.3, -0.25) is 0 Å². The third kappa shape index (κ3) is 1.90. The number of anilines is 1. The molecule has 3 nitrogen and oxygen atoms in total. The van der Waals surface area contributed by atoms with Gasteiger partial charge in [0.1, 0.15) is 0 Å². The molecule has 0 unspecified atom stereocenters. The van der Waals surface area contributed by atoms with Crippen LogP contribution in [0, 0.1) is 6.92 Å². The van der Waals surface area contributed by atoms with E-state index in [1.165, 1.54) is 7.11 Å². The Hall–Kier alpha value is -1.03. The Morgan fingerprint density at radius 2 is 2.14 bits per heavy atom. The highest BCUT2D eigenvalue weighted by Crippen LogP contribution is 2.26. The van der Waals surface area contributed by atoms with Gasteiger partial charge in [0.05, 0.1) is 12.7 Å². The first-order valence-electron chi connectivity index (χ1n) is 4.17. The molecule has 0 heterocycles. The van der Waals surface area contributed by atoms with Crippen LogP contribution in [-0.4, -0.2) is 20.1 Å². The van der Waals surface area contributed by atoms with Crippen LogP contribution in [-0.2, 0) is 4.74 Å². The number of hydrogen-bond acceptors (Lipinski definition) is 3. The first kappa shape index (κ1) is 11.0. The van der Waals surface area contributed by atoms with E-state index >= 15 is 0 Å². The van der Waals surface area contributed by atoms with Crippen LogP contribution in [0.2, 0.25) is 0 Å². The second kappa shape index (κ2) is 4.46. The molecule has 14 heavy (non-hydrogen) atoms. The summed E-state index contributed by atoms with van der Waals surface area (Å²) >= 11 is 3.37. The monoisotopic (exact) mass is 257 g/mol. The summed E-state index contributed by atoms with van der Waals surface area (Å²) in [5, 5.41) is 2.96. The van der Waals surface area contributed by atoms with Crippen LogP contribution in [0.5, 0.6) is 0 Å². The highest BCUT2D eigenvalue weighted by atomic mass is 79.9. The predicted molar refractivity (Wildman–Crippen MR) is 59.8 cm³/mol. The maximum Gasteiger partial charge on any atom is 0.340 e. The van der Waals surface area contributed by atoms with Crippen molar-refractivity contribution < 1.29 is 9.53 Å². The molecule has 0 aromatic heterocycles. The molecule has 0 aliphatic heterocycles. The van der Waals surface area contributed by atoms with E-state index in [1.807, 2.05) is 19.1 Å². The van der Waals surface area contributed by atoms with Gasteiger partial charge in [-0.25, -0.2) is 4.79 Å². The molecular weight excluding hydrogens is 246 g/mol. The highest BCUT2D eigenvalue weighted by Gasteiger charge is 2.15. The zero-order valence-corrected chi connectivity index (χ0v) is 9.94. The van der Waals surface area contributed by atoms with Gasteiger partial charge in [-0.2, -0.15) is 0 Å². The number of rotatable bonds is 2. The zero-order chi connectivity index (χ0) is 10.7. The van der Waals surface area contributed by atoms with Crippen molar-refractivity contribution in [2.75, 3.05) is 19.5 Å². The molecule has 0 spiro atoms. The summed E-state index contributed by atoms with van der Waals surface area (Å²) in [5.74, 6) is -0.326. The number of carbonyl (C=O) groups is 1. The van der Waals surface area contributed by atoms with Gasteiger partial charge in [-0.15, -0.1) is 0 Å². The molecule has 0 atom stereocenters. The third-order valence-corrected chi connectivity index (χ3v) is 2.92. The predicted octanol–water partition coefficient (Wildman–Crippen LogP) is 2.59. The standard InChI is InChI=1S/C10H12BrNO2/c1-6-7(11)4-5-8(12-2)9(6)10(13)14-3/h4-5,12H,1-3H3. The largest absolute Gasteiger partial charge is 0.465 e. The van der Waals surface area contributed by atoms with E-state index in [2.05, 4.69) is 21.2 Å². The molecule has 1 aromatic carbocycles. The number of nitrogens with one attached hydrogen (secondary N) is 1. The Kier molecular flexibility index (Phi) is 3.52. The average Bonchev–Trinajstić information content (AvgIpc) is 2.20. The molecular formula is C10H12BrNO2. The van der Waals surface area contributed by atoms with E-state index in [4.69, 9.17) is 4.74 Å². The summed E-state index contributed by atoms with van der Waals surface area (Å²) < 4.78 is 5.61. The Morgan fingerprint density at radius 1 is 1.50 bits per heavy atom. The summed E-state index contributed by atoms with van der Waals surface area (Å²) in [7, 11) is 3.15. The van der Waals surface area contributed by atoms with Crippen molar-refractivity contribution in [3.63, 3.8) is 0 Å². The lowest BCUT2D eigenvalue weighted by Crippen LogP contribution is -2.08. The molecule has 0 amide bonds. The van der Waals surface area contributed by atoms with Crippen molar-refractivity contribution in [1.29, 1.82) is 0 Å². The van der Waals surface area contributed by atoms with Crippen molar-refractivity contribution in [2.45, 2.75) is 6.92 Å². The molecule has 0 saturated carbocycles. The Labute approximate surface area is 91.6 Å². The Bertz CT molecular complexity index is 363. The molecule has 0 saturated heterocycles. The maximum atomic E-state index is 11.5. The lowest BCUT2D eigenvalue weighted by molar-refractivity contribution is 0.0601. The quantitative estimate of drug-likeness (QED) is 0.828. The van der Waals surface area contributed by atoms with Gasteiger partial charge < -0.3 is 10.1 Å². The second-order valence-electron chi connectivity index (χ2n) is 2.84. The van der Waals surface area contributed by atoms with Gasteiger partial charge in [0, 0.05) is 17.2 Å². The summed E-state index contributed by atoms with van der Waals surface area (Å²) in [4.78, 5) is 11.5. The molecule has 0 fully saturated rings. The van der Waals surface area contributed by atoms with Gasteiger partial charge in [-0.1, -0.05) is 15.9 Å². The summed E-state index contributed by atoms with van der Waals surface area (Å²) in [6, 6.07) is 3.73. The minimum Gasteiger partial charge on any atom is -0.465 e. The fraction of sp³-hybridized carbons (Fsp3) is 0.300. The topological polar surface area (TPSA) is 38.3 Å². The van der Waals surface area contributed by atoms with Crippen LogP contribution in [0.25, 0.3) is 0 Å². The van der Waals surface area contributed by atoms with E-state index in [-0.39, 0.29) is 5.97 Å². The lowest BCUT2D eigenvalue weighted by Gasteiger charge is -2.11. The SMILES string of the molecule is CNc1ccc(Br)c(C)c1C(=O)OC. The number of ether oxygens (including phenoxy) is 1. The fourth-order valence-electron chi connectivity index (χ4n) is 1.26. The first-order chi connectivity index (χ1) is 6.61. The van der Waals surface area contributed by atoms with Gasteiger partial charge in [-0.05, 0) is 24.6 Å². The van der Waals surface area contributed by atoms with Crippen LogP contribution >= 0.6 is 15.9 Å². The molecule has 1 rings (SSSR count). The van der Waals surface area contributed by atoms with Gasteiger partial charge in [0.2, 0.25) is 0 Å². The number of benzene rings is 1. The normalized spacial score (nSPS) is 9.71. The van der Waals surface area contributed by atoms with Crippen molar-refractivity contribution in [3.8, 4) is 0 Å². The smallest absolute Gasteiger partial charge is 0.340 e. The van der Waals surface area contributed by atoms with E-state index in [0.717, 1.165) is 15.7 Å². The number of hydrogen-bond donors (Lipinski definition) is 1. The fourth-order valence-corrected chi connectivity index (χ4v) is 1.59. The number of halogens is 1. The Morgan fingerprint density at radius 3 is 2.64 bits per heavy atom. The van der Waals surface area contributed by atoms with E-state index in [1.54, 1.807) is 7.05 Å². The third-order valence-electron chi connectivity index (χ3n) is 2.06. The highest BCUT2D eigenvalue weighted by molar-refractivity contribution is 9.10. The molecule has 1 aromatic rings. The first-order valence-corrected chi connectivity index (χ1v) is 4.96. The van der Waals surface area contributed by atoms with Gasteiger partial charge in [0.15, 0.2) is 0 Å². The van der Waals surface area contributed by atoms with Crippen molar-refractivity contribution in [1.82, 2.24) is 0 Å². The molecule has 0 aliphatic carbocycles. The minimum atomic E-state index is -0.326. The average molecular weight is 258 g/mol.